The number of rotatable bonds is 3. The van der Waals surface area contributed by atoms with E-state index in [4.69, 9.17) is 4.52 Å². The largest absolute Gasteiger partial charge is 0.384 e. The molecule has 0 unspecified atom stereocenters. The minimum Gasteiger partial charge on any atom is -0.384 e. The van der Waals surface area contributed by atoms with Gasteiger partial charge < -0.3 is 9.26 Å². The molecule has 0 aliphatic rings. The van der Waals surface area contributed by atoms with Crippen LogP contribution >= 0.6 is 11.3 Å². The van der Waals surface area contributed by atoms with Gasteiger partial charge in [-0.2, -0.15) is 11.3 Å². The Bertz CT molecular complexity index is 529. The van der Waals surface area contributed by atoms with Crippen molar-refractivity contribution < 1.29 is 18.8 Å². The molecule has 0 fully saturated rings. The number of hydrogen-bond acceptors (Lipinski definition) is 6. The van der Waals surface area contributed by atoms with Crippen molar-refractivity contribution in [1.29, 1.82) is 0 Å². The minimum atomic E-state index is -0.801. The smallest absolute Gasteiger partial charge is 0.368 e. The summed E-state index contributed by atoms with van der Waals surface area (Å²) in [4.78, 5) is 23.0. The van der Waals surface area contributed by atoms with E-state index >= 15 is 0 Å². The third-order valence-electron chi connectivity index (χ3n) is 2.06. The average molecular weight is 251 g/mol. The minimum absolute atomic E-state index is 0.00503. The molecule has 2 aromatic rings. The Morgan fingerprint density at radius 2 is 2.29 bits per heavy atom. The molecule has 0 aromatic carbocycles. The summed E-state index contributed by atoms with van der Waals surface area (Å²) in [5.74, 6) is -0.915. The Hall–Kier alpha value is -1.95. The van der Waals surface area contributed by atoms with Crippen molar-refractivity contribution in [1.82, 2.24) is 5.16 Å². The van der Waals surface area contributed by atoms with Crippen molar-refractivity contribution in [2.24, 2.45) is 0 Å². The molecule has 0 atom stereocenters. The summed E-state index contributed by atoms with van der Waals surface area (Å²) in [5, 5.41) is 6.86. The lowest BCUT2D eigenvalue weighted by molar-refractivity contribution is 0.0391. The number of nitrogens with zero attached hydrogens (tertiary/aromatic N) is 1. The standard InChI is InChI=1S/C11H9NO4S/c1-2-8-5-9(12-16-8)11(14)15-10(13)7-3-4-17-6-7/h3-6H,2H2,1H3. The van der Waals surface area contributed by atoms with Crippen molar-refractivity contribution in [3.63, 3.8) is 0 Å². The molecule has 5 nitrogen and oxygen atoms in total. The number of hydrogen-bond donors (Lipinski definition) is 0. The quantitative estimate of drug-likeness (QED) is 0.618. The van der Waals surface area contributed by atoms with Gasteiger partial charge in [-0.3, -0.25) is 0 Å². The third-order valence-corrected chi connectivity index (χ3v) is 2.74. The monoisotopic (exact) mass is 251 g/mol. The second-order valence-electron chi connectivity index (χ2n) is 3.22. The van der Waals surface area contributed by atoms with Gasteiger partial charge in [-0.25, -0.2) is 9.59 Å². The molecular weight excluding hydrogens is 242 g/mol. The van der Waals surface area contributed by atoms with Crippen molar-refractivity contribution in [2.75, 3.05) is 0 Å². The second-order valence-corrected chi connectivity index (χ2v) is 4.00. The molecule has 0 saturated carbocycles. The van der Waals surface area contributed by atoms with Crippen molar-refractivity contribution in [3.05, 3.63) is 39.9 Å². The summed E-state index contributed by atoms with van der Waals surface area (Å²) in [6.07, 6.45) is 0.624. The van der Waals surface area contributed by atoms with E-state index in [0.29, 0.717) is 17.7 Å². The van der Waals surface area contributed by atoms with E-state index in [1.165, 1.54) is 17.4 Å². The predicted molar refractivity (Wildman–Crippen MR) is 59.9 cm³/mol. The summed E-state index contributed by atoms with van der Waals surface area (Å²) in [5.41, 5.74) is 0.355. The molecule has 0 radical (unpaired) electrons. The Balaban J connectivity index is 2.04. The highest BCUT2D eigenvalue weighted by Crippen LogP contribution is 2.10. The Kier molecular flexibility index (Phi) is 3.34. The Labute approximate surface area is 101 Å². The zero-order chi connectivity index (χ0) is 12.3. The molecule has 0 bridgehead atoms. The summed E-state index contributed by atoms with van der Waals surface area (Å²) in [6, 6.07) is 3.05. The van der Waals surface area contributed by atoms with Crippen molar-refractivity contribution in [2.45, 2.75) is 13.3 Å². The van der Waals surface area contributed by atoms with Crippen LogP contribution < -0.4 is 0 Å². The first-order valence-electron chi connectivity index (χ1n) is 4.95. The molecule has 2 heterocycles. The molecule has 0 aliphatic heterocycles. The zero-order valence-corrected chi connectivity index (χ0v) is 9.82. The first-order chi connectivity index (χ1) is 8.20. The van der Waals surface area contributed by atoms with Gasteiger partial charge in [0.25, 0.3) is 0 Å². The fraction of sp³-hybridized carbons (Fsp3) is 0.182. The van der Waals surface area contributed by atoms with Crippen LogP contribution in [0.5, 0.6) is 0 Å². The van der Waals surface area contributed by atoms with Crippen LogP contribution in [-0.2, 0) is 11.2 Å². The molecule has 0 saturated heterocycles. The molecule has 0 aliphatic carbocycles. The van der Waals surface area contributed by atoms with Gasteiger partial charge in [0.1, 0.15) is 5.76 Å². The molecule has 17 heavy (non-hydrogen) atoms. The van der Waals surface area contributed by atoms with E-state index < -0.39 is 11.9 Å². The Morgan fingerprint density at radius 1 is 1.47 bits per heavy atom. The average Bonchev–Trinajstić information content (AvgIpc) is 3.00. The lowest BCUT2D eigenvalue weighted by atomic mass is 10.3. The molecule has 6 heteroatoms. The molecule has 2 rings (SSSR count). The SMILES string of the molecule is CCc1cc(C(=O)OC(=O)c2ccsc2)no1. The summed E-state index contributed by atoms with van der Waals surface area (Å²) >= 11 is 1.35. The van der Waals surface area contributed by atoms with Gasteiger partial charge >= 0.3 is 11.9 Å². The van der Waals surface area contributed by atoms with Crippen LogP contribution in [-0.4, -0.2) is 17.1 Å². The van der Waals surface area contributed by atoms with E-state index in [1.54, 1.807) is 16.8 Å². The van der Waals surface area contributed by atoms with E-state index in [0.717, 1.165) is 0 Å². The number of thiophene rings is 1. The number of carbonyl (C=O) groups is 2. The molecule has 0 N–H and O–H groups in total. The van der Waals surface area contributed by atoms with Crippen LogP contribution in [0.2, 0.25) is 0 Å². The highest BCUT2D eigenvalue weighted by Gasteiger charge is 2.18. The molecular formula is C11H9NO4S. The van der Waals surface area contributed by atoms with E-state index in [2.05, 4.69) is 9.89 Å². The number of esters is 2. The third kappa shape index (κ3) is 2.59. The van der Waals surface area contributed by atoms with E-state index in [1.807, 2.05) is 6.92 Å². The van der Waals surface area contributed by atoms with Gasteiger partial charge in [-0.05, 0) is 11.4 Å². The van der Waals surface area contributed by atoms with Crippen LogP contribution in [0, 0.1) is 0 Å². The van der Waals surface area contributed by atoms with Crippen LogP contribution in [0.15, 0.2) is 27.4 Å². The summed E-state index contributed by atoms with van der Waals surface area (Å²) in [7, 11) is 0. The highest BCUT2D eigenvalue weighted by molar-refractivity contribution is 7.08. The van der Waals surface area contributed by atoms with Gasteiger partial charge in [-0.1, -0.05) is 12.1 Å². The van der Waals surface area contributed by atoms with Crippen molar-refractivity contribution in [3.8, 4) is 0 Å². The highest BCUT2D eigenvalue weighted by atomic mass is 32.1. The second kappa shape index (κ2) is 4.92. The first-order valence-corrected chi connectivity index (χ1v) is 5.89. The van der Waals surface area contributed by atoms with Gasteiger partial charge in [0.05, 0.1) is 5.56 Å². The lowest BCUT2D eigenvalue weighted by Gasteiger charge is -1.97. The van der Waals surface area contributed by atoms with Gasteiger partial charge in [0.15, 0.2) is 5.69 Å². The van der Waals surface area contributed by atoms with Crippen LogP contribution in [0.25, 0.3) is 0 Å². The molecule has 0 spiro atoms. The molecule has 2 aromatic heterocycles. The zero-order valence-electron chi connectivity index (χ0n) is 9.00. The van der Waals surface area contributed by atoms with Crippen LogP contribution in [0.1, 0.15) is 33.5 Å². The molecule has 0 amide bonds. The van der Waals surface area contributed by atoms with Gasteiger partial charge in [0.2, 0.25) is 0 Å². The maximum Gasteiger partial charge on any atom is 0.368 e. The first kappa shape index (κ1) is 11.5. The van der Waals surface area contributed by atoms with E-state index in [-0.39, 0.29) is 5.69 Å². The number of ether oxygens (including phenoxy) is 1. The number of carbonyl (C=O) groups excluding carboxylic acids is 2. The van der Waals surface area contributed by atoms with Gasteiger partial charge in [-0.15, -0.1) is 0 Å². The fourth-order valence-corrected chi connectivity index (χ4v) is 1.78. The van der Waals surface area contributed by atoms with Crippen molar-refractivity contribution >= 4 is 23.3 Å². The lowest BCUT2D eigenvalue weighted by Crippen LogP contribution is -2.12. The number of aromatic nitrogens is 1. The topological polar surface area (TPSA) is 69.4 Å². The number of aryl methyl sites for hydroxylation is 1. The normalized spacial score (nSPS) is 10.2. The maximum absolute atomic E-state index is 11.5. The predicted octanol–water partition coefficient (Wildman–Crippen LogP) is 2.30. The van der Waals surface area contributed by atoms with E-state index in [9.17, 15) is 9.59 Å². The fourth-order valence-electron chi connectivity index (χ4n) is 1.15. The van der Waals surface area contributed by atoms with Gasteiger partial charge in [0, 0.05) is 17.9 Å². The summed E-state index contributed by atoms with van der Waals surface area (Å²) < 4.78 is 9.49. The van der Waals surface area contributed by atoms with Crippen LogP contribution in [0.3, 0.4) is 0 Å². The Morgan fingerprint density at radius 3 is 2.88 bits per heavy atom. The van der Waals surface area contributed by atoms with Crippen LogP contribution in [0.4, 0.5) is 0 Å². The molecule has 88 valence electrons. The summed E-state index contributed by atoms with van der Waals surface area (Å²) in [6.45, 7) is 1.87. The maximum atomic E-state index is 11.5.